The molecule has 0 saturated heterocycles. The second kappa shape index (κ2) is 4.79. The zero-order chi connectivity index (χ0) is 13.3. The number of rotatable bonds is 3. The molecular formula is C13H15N3O2S. The van der Waals surface area contributed by atoms with Gasteiger partial charge in [-0.05, 0) is 30.4 Å². The van der Waals surface area contributed by atoms with Crippen LogP contribution in [0.1, 0.15) is 17.5 Å². The van der Waals surface area contributed by atoms with Gasteiger partial charge in [-0.1, -0.05) is 24.3 Å². The van der Waals surface area contributed by atoms with Crippen molar-refractivity contribution in [2.45, 2.75) is 30.2 Å². The zero-order valence-electron chi connectivity index (χ0n) is 10.3. The molecule has 1 aromatic heterocycles. The minimum Gasteiger partial charge on any atom is -0.284 e. The quantitative estimate of drug-likeness (QED) is 0.886. The molecule has 2 N–H and O–H groups in total. The van der Waals surface area contributed by atoms with Gasteiger partial charge in [-0.2, -0.15) is 5.10 Å². The Morgan fingerprint density at radius 1 is 1.26 bits per heavy atom. The minimum absolute atomic E-state index is 0.0465. The van der Waals surface area contributed by atoms with Crippen LogP contribution in [-0.4, -0.2) is 24.7 Å². The van der Waals surface area contributed by atoms with Crippen molar-refractivity contribution in [3.8, 4) is 0 Å². The average molecular weight is 277 g/mol. The number of hydrogen-bond acceptors (Lipinski definition) is 3. The number of fused-ring (bicyclic) bond motifs is 1. The molecule has 0 amide bonds. The predicted octanol–water partition coefficient (Wildman–Crippen LogP) is 1.25. The highest BCUT2D eigenvalue weighted by Gasteiger charge is 2.24. The molecule has 19 heavy (non-hydrogen) atoms. The first kappa shape index (κ1) is 12.4. The second-order valence-corrected chi connectivity index (χ2v) is 6.48. The highest BCUT2D eigenvalue weighted by atomic mass is 32.2. The van der Waals surface area contributed by atoms with Crippen LogP contribution in [0.5, 0.6) is 0 Å². The molecule has 1 unspecified atom stereocenters. The Hall–Kier alpha value is -1.66. The van der Waals surface area contributed by atoms with Crippen LogP contribution in [0.3, 0.4) is 0 Å². The van der Waals surface area contributed by atoms with Crippen LogP contribution < -0.4 is 4.72 Å². The number of nitrogens with zero attached hydrogens (tertiary/aromatic N) is 1. The van der Waals surface area contributed by atoms with Crippen molar-refractivity contribution in [1.82, 2.24) is 14.9 Å². The summed E-state index contributed by atoms with van der Waals surface area (Å²) in [6.45, 7) is 0. The van der Waals surface area contributed by atoms with Crippen molar-refractivity contribution < 1.29 is 8.42 Å². The Bertz CT molecular complexity index is 665. The van der Waals surface area contributed by atoms with E-state index in [2.05, 4.69) is 27.1 Å². The Kier molecular flexibility index (Phi) is 3.12. The molecule has 1 aliphatic rings. The van der Waals surface area contributed by atoms with Gasteiger partial charge >= 0.3 is 0 Å². The molecule has 2 aromatic rings. The first-order valence-electron chi connectivity index (χ1n) is 6.23. The number of sulfonamides is 1. The van der Waals surface area contributed by atoms with E-state index < -0.39 is 10.0 Å². The van der Waals surface area contributed by atoms with Gasteiger partial charge in [0.15, 0.2) is 0 Å². The number of aryl methyl sites for hydroxylation is 1. The first-order valence-corrected chi connectivity index (χ1v) is 7.71. The fourth-order valence-electron chi connectivity index (χ4n) is 2.47. The summed E-state index contributed by atoms with van der Waals surface area (Å²) in [4.78, 5) is 0.186. The summed E-state index contributed by atoms with van der Waals surface area (Å²) in [5.74, 6) is 0. The number of aromatic nitrogens is 2. The maximum Gasteiger partial charge on any atom is 0.243 e. The molecule has 5 nitrogen and oxygen atoms in total. The third kappa shape index (κ3) is 2.54. The number of hydrogen-bond donors (Lipinski definition) is 2. The number of nitrogens with one attached hydrogen (secondary N) is 2. The third-order valence-electron chi connectivity index (χ3n) is 3.45. The van der Waals surface area contributed by atoms with E-state index in [1.165, 1.54) is 23.5 Å². The Morgan fingerprint density at radius 3 is 2.79 bits per heavy atom. The van der Waals surface area contributed by atoms with Crippen LogP contribution in [0.4, 0.5) is 0 Å². The fraction of sp³-hybridized carbons (Fsp3) is 0.308. The van der Waals surface area contributed by atoms with Crippen molar-refractivity contribution in [2.75, 3.05) is 0 Å². The average Bonchev–Trinajstić information content (AvgIpc) is 2.93. The van der Waals surface area contributed by atoms with E-state index in [1.54, 1.807) is 0 Å². The summed E-state index contributed by atoms with van der Waals surface area (Å²) < 4.78 is 27.0. The lowest BCUT2D eigenvalue weighted by Gasteiger charge is -2.25. The summed E-state index contributed by atoms with van der Waals surface area (Å²) in [7, 11) is -3.46. The molecule has 0 bridgehead atoms. The lowest BCUT2D eigenvalue weighted by Crippen LogP contribution is -2.38. The Morgan fingerprint density at radius 2 is 2.05 bits per heavy atom. The van der Waals surface area contributed by atoms with E-state index in [-0.39, 0.29) is 10.9 Å². The monoisotopic (exact) mass is 277 g/mol. The molecule has 0 saturated carbocycles. The predicted molar refractivity (Wildman–Crippen MR) is 71.2 cm³/mol. The summed E-state index contributed by atoms with van der Waals surface area (Å²) in [5.41, 5.74) is 2.55. The lowest BCUT2D eigenvalue weighted by molar-refractivity contribution is 0.507. The standard InChI is InChI=1S/C13H15N3O2S/c17-19(18,13-8-14-15-9-13)16-12-6-5-10-3-1-2-4-11(10)7-12/h1-4,8-9,12,16H,5-7H2,(H,14,15). The zero-order valence-corrected chi connectivity index (χ0v) is 11.2. The van der Waals surface area contributed by atoms with Crippen molar-refractivity contribution in [1.29, 1.82) is 0 Å². The smallest absolute Gasteiger partial charge is 0.243 e. The van der Waals surface area contributed by atoms with E-state index in [0.29, 0.717) is 0 Å². The van der Waals surface area contributed by atoms with Crippen LogP contribution >= 0.6 is 0 Å². The van der Waals surface area contributed by atoms with E-state index in [0.717, 1.165) is 19.3 Å². The highest BCUT2D eigenvalue weighted by Crippen LogP contribution is 2.22. The van der Waals surface area contributed by atoms with Crippen molar-refractivity contribution in [2.24, 2.45) is 0 Å². The maximum atomic E-state index is 12.1. The molecule has 6 heteroatoms. The van der Waals surface area contributed by atoms with Gasteiger partial charge in [-0.25, -0.2) is 13.1 Å². The Balaban J connectivity index is 1.76. The summed E-state index contributed by atoms with van der Waals surface area (Å²) in [5, 5.41) is 6.19. The van der Waals surface area contributed by atoms with Gasteiger partial charge in [-0.3, -0.25) is 5.10 Å². The SMILES string of the molecule is O=S(=O)(NC1CCc2ccccc2C1)c1cn[nH]c1. The molecule has 0 spiro atoms. The van der Waals surface area contributed by atoms with Gasteiger partial charge in [0.1, 0.15) is 4.90 Å². The van der Waals surface area contributed by atoms with Gasteiger partial charge in [0.2, 0.25) is 10.0 Å². The van der Waals surface area contributed by atoms with Gasteiger partial charge in [0, 0.05) is 12.2 Å². The molecule has 3 rings (SSSR count). The summed E-state index contributed by atoms with van der Waals surface area (Å²) >= 11 is 0. The molecule has 100 valence electrons. The molecular weight excluding hydrogens is 262 g/mol. The normalized spacial score (nSPS) is 19.1. The van der Waals surface area contributed by atoms with Crippen molar-refractivity contribution >= 4 is 10.0 Å². The second-order valence-electron chi connectivity index (χ2n) is 4.76. The van der Waals surface area contributed by atoms with Crippen LogP contribution in [0, 0.1) is 0 Å². The van der Waals surface area contributed by atoms with Gasteiger partial charge in [0.05, 0.1) is 6.20 Å². The maximum absolute atomic E-state index is 12.1. The molecule has 1 atom stereocenters. The molecule has 1 aliphatic carbocycles. The van der Waals surface area contributed by atoms with Gasteiger partial charge < -0.3 is 0 Å². The van der Waals surface area contributed by atoms with Gasteiger partial charge in [-0.15, -0.1) is 0 Å². The van der Waals surface area contributed by atoms with E-state index in [4.69, 9.17) is 0 Å². The summed E-state index contributed by atoms with van der Waals surface area (Å²) in [6.07, 6.45) is 5.19. The number of benzene rings is 1. The number of H-pyrrole nitrogens is 1. The lowest BCUT2D eigenvalue weighted by atomic mass is 9.89. The first-order chi connectivity index (χ1) is 9.15. The molecule has 1 heterocycles. The van der Waals surface area contributed by atoms with E-state index in [9.17, 15) is 8.42 Å². The van der Waals surface area contributed by atoms with Crippen LogP contribution in [0.2, 0.25) is 0 Å². The van der Waals surface area contributed by atoms with Crippen molar-refractivity contribution in [3.05, 3.63) is 47.8 Å². The number of aromatic amines is 1. The van der Waals surface area contributed by atoms with Crippen LogP contribution in [0.25, 0.3) is 0 Å². The van der Waals surface area contributed by atoms with E-state index >= 15 is 0 Å². The van der Waals surface area contributed by atoms with Crippen molar-refractivity contribution in [3.63, 3.8) is 0 Å². The topological polar surface area (TPSA) is 74.8 Å². The highest BCUT2D eigenvalue weighted by molar-refractivity contribution is 7.89. The molecule has 0 radical (unpaired) electrons. The van der Waals surface area contributed by atoms with Crippen LogP contribution in [0.15, 0.2) is 41.6 Å². The fourth-order valence-corrected chi connectivity index (χ4v) is 3.65. The molecule has 0 aliphatic heterocycles. The van der Waals surface area contributed by atoms with Gasteiger partial charge in [0.25, 0.3) is 0 Å². The third-order valence-corrected chi connectivity index (χ3v) is 4.94. The Labute approximate surface area is 112 Å². The van der Waals surface area contributed by atoms with E-state index in [1.807, 2.05) is 12.1 Å². The molecule has 1 aromatic carbocycles. The van der Waals surface area contributed by atoms with Crippen LogP contribution in [-0.2, 0) is 22.9 Å². The summed E-state index contributed by atoms with van der Waals surface area (Å²) in [6, 6.07) is 8.14. The largest absolute Gasteiger partial charge is 0.284 e. The molecule has 0 fully saturated rings. The minimum atomic E-state index is -3.46.